The fraction of sp³-hybridized carbons (Fsp3) is 0.538. The summed E-state index contributed by atoms with van der Waals surface area (Å²) < 4.78 is 19.5. The first-order valence-corrected chi connectivity index (χ1v) is 6.82. The molecule has 0 atom stereocenters. The van der Waals surface area contributed by atoms with Crippen molar-refractivity contribution in [2.75, 3.05) is 40.3 Å². The molecule has 0 heterocycles. The zero-order valence-corrected chi connectivity index (χ0v) is 12.5. The number of hydrogen-bond donors (Lipinski definition) is 1. The molecule has 1 aromatic rings. The van der Waals surface area contributed by atoms with Crippen molar-refractivity contribution in [3.63, 3.8) is 0 Å². The highest BCUT2D eigenvalue weighted by molar-refractivity contribution is 9.10. The van der Waals surface area contributed by atoms with Gasteiger partial charge in [0, 0.05) is 11.0 Å². The molecule has 0 saturated heterocycles. The van der Waals surface area contributed by atoms with Crippen LogP contribution in [0.2, 0.25) is 0 Å². The Kier molecular flexibility index (Phi) is 7.23. The van der Waals surface area contributed by atoms with Crippen molar-refractivity contribution in [1.82, 2.24) is 10.2 Å². The molecule has 0 radical (unpaired) electrons. The van der Waals surface area contributed by atoms with Crippen LogP contribution >= 0.6 is 15.9 Å². The van der Waals surface area contributed by atoms with Crippen molar-refractivity contribution in [3.8, 4) is 5.75 Å². The van der Waals surface area contributed by atoms with Gasteiger partial charge < -0.3 is 15.0 Å². The van der Waals surface area contributed by atoms with Gasteiger partial charge in [-0.25, -0.2) is 4.39 Å². The molecule has 1 rings (SSSR count). The van der Waals surface area contributed by atoms with Crippen LogP contribution in [0.3, 0.4) is 0 Å². The molecule has 1 N–H and O–H groups in total. The number of halogens is 2. The maximum Gasteiger partial charge on any atom is 0.166 e. The fourth-order valence-corrected chi connectivity index (χ4v) is 1.80. The van der Waals surface area contributed by atoms with Crippen LogP contribution in [0.25, 0.3) is 0 Å². The molecule has 0 amide bonds. The predicted octanol–water partition coefficient (Wildman–Crippen LogP) is 2.51. The number of hydrogen-bond acceptors (Lipinski definition) is 3. The normalized spacial score (nSPS) is 10.9. The highest BCUT2D eigenvalue weighted by atomic mass is 79.9. The Balaban J connectivity index is 2.11. The van der Waals surface area contributed by atoms with Crippen LogP contribution in [-0.4, -0.2) is 45.2 Å². The molecular formula is C13H20BrFN2O. The Morgan fingerprint density at radius 3 is 2.78 bits per heavy atom. The van der Waals surface area contributed by atoms with E-state index < -0.39 is 0 Å². The summed E-state index contributed by atoms with van der Waals surface area (Å²) in [6.45, 7) is 3.21. The zero-order chi connectivity index (χ0) is 13.4. The summed E-state index contributed by atoms with van der Waals surface area (Å²) in [5, 5.41) is 3.26. The van der Waals surface area contributed by atoms with E-state index in [0.717, 1.165) is 26.1 Å². The van der Waals surface area contributed by atoms with Crippen LogP contribution in [0.15, 0.2) is 22.7 Å². The summed E-state index contributed by atoms with van der Waals surface area (Å²) in [5.41, 5.74) is 0. The summed E-state index contributed by atoms with van der Waals surface area (Å²) in [6, 6.07) is 4.80. The van der Waals surface area contributed by atoms with Crippen LogP contribution in [0.5, 0.6) is 5.75 Å². The Hall–Kier alpha value is -0.650. The second-order valence-corrected chi connectivity index (χ2v) is 5.25. The first-order valence-electron chi connectivity index (χ1n) is 6.03. The lowest BCUT2D eigenvalue weighted by Crippen LogP contribution is -2.25. The third kappa shape index (κ3) is 6.33. The summed E-state index contributed by atoms with van der Waals surface area (Å²) in [5.74, 6) is -0.0368. The quantitative estimate of drug-likeness (QED) is 0.745. The molecule has 18 heavy (non-hydrogen) atoms. The third-order valence-electron chi connectivity index (χ3n) is 2.39. The Morgan fingerprint density at radius 2 is 2.11 bits per heavy atom. The van der Waals surface area contributed by atoms with E-state index in [2.05, 4.69) is 40.2 Å². The maximum absolute atomic E-state index is 13.4. The largest absolute Gasteiger partial charge is 0.489 e. The van der Waals surface area contributed by atoms with Gasteiger partial charge in [-0.1, -0.05) is 15.9 Å². The molecule has 0 aliphatic carbocycles. The lowest BCUT2D eigenvalue weighted by molar-refractivity contribution is 0.296. The molecule has 0 bridgehead atoms. The van der Waals surface area contributed by atoms with Crippen molar-refractivity contribution in [1.29, 1.82) is 0 Å². The van der Waals surface area contributed by atoms with Gasteiger partial charge >= 0.3 is 0 Å². The molecule has 0 aliphatic rings. The number of nitrogens with zero attached hydrogens (tertiary/aromatic N) is 1. The predicted molar refractivity (Wildman–Crippen MR) is 75.6 cm³/mol. The van der Waals surface area contributed by atoms with E-state index >= 15 is 0 Å². The van der Waals surface area contributed by atoms with Crippen molar-refractivity contribution < 1.29 is 9.13 Å². The minimum Gasteiger partial charge on any atom is -0.489 e. The smallest absolute Gasteiger partial charge is 0.166 e. The SMILES string of the molecule is CN(C)CCCNCCOc1ccc(Br)cc1F. The molecular weight excluding hydrogens is 299 g/mol. The number of benzene rings is 1. The lowest BCUT2D eigenvalue weighted by Gasteiger charge is -2.10. The molecule has 0 aliphatic heterocycles. The maximum atomic E-state index is 13.4. The van der Waals surface area contributed by atoms with Crippen LogP contribution in [0.1, 0.15) is 6.42 Å². The Morgan fingerprint density at radius 1 is 1.33 bits per heavy atom. The van der Waals surface area contributed by atoms with Gasteiger partial charge in [0.15, 0.2) is 11.6 Å². The van der Waals surface area contributed by atoms with Crippen LogP contribution < -0.4 is 10.1 Å². The second-order valence-electron chi connectivity index (χ2n) is 4.33. The molecule has 3 nitrogen and oxygen atoms in total. The average molecular weight is 319 g/mol. The van der Waals surface area contributed by atoms with Gasteiger partial charge in [0.1, 0.15) is 6.61 Å². The zero-order valence-electron chi connectivity index (χ0n) is 10.9. The van der Waals surface area contributed by atoms with E-state index in [-0.39, 0.29) is 5.82 Å². The Bertz CT molecular complexity index is 361. The fourth-order valence-electron chi connectivity index (χ4n) is 1.47. The first-order chi connectivity index (χ1) is 8.59. The summed E-state index contributed by atoms with van der Waals surface area (Å²) in [6.07, 6.45) is 1.10. The third-order valence-corrected chi connectivity index (χ3v) is 2.88. The molecule has 102 valence electrons. The van der Waals surface area contributed by atoms with Gasteiger partial charge in [-0.15, -0.1) is 0 Å². The summed E-state index contributed by atoms with van der Waals surface area (Å²) >= 11 is 3.21. The van der Waals surface area contributed by atoms with E-state index in [4.69, 9.17) is 4.74 Å². The minimum absolute atomic E-state index is 0.299. The van der Waals surface area contributed by atoms with Gasteiger partial charge in [0.25, 0.3) is 0 Å². The van der Waals surface area contributed by atoms with E-state index in [9.17, 15) is 4.39 Å². The summed E-state index contributed by atoms with van der Waals surface area (Å²) in [4.78, 5) is 2.15. The molecule has 0 fully saturated rings. The lowest BCUT2D eigenvalue weighted by atomic mass is 10.3. The van der Waals surface area contributed by atoms with Crippen molar-refractivity contribution in [3.05, 3.63) is 28.5 Å². The van der Waals surface area contributed by atoms with Crippen LogP contribution in [0, 0.1) is 5.82 Å². The highest BCUT2D eigenvalue weighted by Crippen LogP contribution is 2.21. The van der Waals surface area contributed by atoms with Gasteiger partial charge in [-0.05, 0) is 51.8 Å². The molecule has 0 spiro atoms. The van der Waals surface area contributed by atoms with E-state index in [1.54, 1.807) is 12.1 Å². The van der Waals surface area contributed by atoms with Crippen molar-refractivity contribution in [2.45, 2.75) is 6.42 Å². The van der Waals surface area contributed by atoms with E-state index in [1.165, 1.54) is 6.07 Å². The van der Waals surface area contributed by atoms with E-state index in [0.29, 0.717) is 16.8 Å². The van der Waals surface area contributed by atoms with Crippen molar-refractivity contribution in [2.24, 2.45) is 0 Å². The molecule has 1 aromatic carbocycles. The van der Waals surface area contributed by atoms with Crippen LogP contribution in [0.4, 0.5) is 4.39 Å². The molecule has 0 saturated carbocycles. The monoisotopic (exact) mass is 318 g/mol. The number of nitrogens with one attached hydrogen (secondary N) is 1. The van der Waals surface area contributed by atoms with Gasteiger partial charge in [0.2, 0.25) is 0 Å². The van der Waals surface area contributed by atoms with Gasteiger partial charge in [-0.2, -0.15) is 0 Å². The minimum atomic E-state index is -0.336. The summed E-state index contributed by atoms with van der Waals surface area (Å²) in [7, 11) is 4.11. The Labute approximate surface area is 116 Å². The van der Waals surface area contributed by atoms with Gasteiger partial charge in [-0.3, -0.25) is 0 Å². The van der Waals surface area contributed by atoms with Crippen molar-refractivity contribution >= 4 is 15.9 Å². The second kappa shape index (κ2) is 8.45. The standard InChI is InChI=1S/C13H20BrFN2O/c1-17(2)8-3-6-16-7-9-18-13-5-4-11(14)10-12(13)15/h4-5,10,16H,3,6-9H2,1-2H3. The molecule has 5 heteroatoms. The first kappa shape index (κ1) is 15.4. The number of ether oxygens (including phenoxy) is 1. The van der Waals surface area contributed by atoms with Crippen LogP contribution in [-0.2, 0) is 0 Å². The average Bonchev–Trinajstić information content (AvgIpc) is 2.30. The molecule has 0 unspecified atom stereocenters. The molecule has 0 aromatic heterocycles. The highest BCUT2D eigenvalue weighted by Gasteiger charge is 2.02. The van der Waals surface area contributed by atoms with Gasteiger partial charge in [0.05, 0.1) is 0 Å². The topological polar surface area (TPSA) is 24.5 Å². The number of rotatable bonds is 8. The van der Waals surface area contributed by atoms with E-state index in [1.807, 2.05) is 0 Å².